The van der Waals surface area contributed by atoms with E-state index in [-0.39, 0.29) is 12.0 Å². The number of ether oxygens (including phenoxy) is 2. The van der Waals surface area contributed by atoms with Crippen LogP contribution in [0.1, 0.15) is 40.6 Å². The van der Waals surface area contributed by atoms with Crippen LogP contribution in [0.3, 0.4) is 0 Å². The van der Waals surface area contributed by atoms with E-state index in [2.05, 4.69) is 11.9 Å². The fraction of sp³-hybridized carbons (Fsp3) is 0.474. The Kier molecular flexibility index (Phi) is 5.58. The van der Waals surface area contributed by atoms with Gasteiger partial charge < -0.3 is 14.4 Å². The number of rotatable bonds is 6. The minimum absolute atomic E-state index is 0.0299. The largest absolute Gasteiger partial charge is 0.486 e. The minimum Gasteiger partial charge on any atom is -0.486 e. The number of thiazole rings is 1. The van der Waals surface area contributed by atoms with E-state index >= 15 is 0 Å². The number of fused-ring (bicyclic) bond motifs is 1. The Labute approximate surface area is 152 Å². The zero-order chi connectivity index (χ0) is 17.8. The van der Waals surface area contributed by atoms with E-state index in [0.717, 1.165) is 39.9 Å². The number of carbonyl (C=O) groups excluding carboxylic acids is 1. The highest BCUT2D eigenvalue weighted by atomic mass is 32.1. The molecule has 134 valence electrons. The minimum atomic E-state index is -0.165. The van der Waals surface area contributed by atoms with E-state index < -0.39 is 0 Å². The number of aromatic nitrogens is 1. The third-order valence-electron chi connectivity index (χ3n) is 4.16. The zero-order valence-corrected chi connectivity index (χ0v) is 15.8. The Morgan fingerprint density at radius 2 is 2.08 bits per heavy atom. The molecule has 0 fully saturated rings. The highest BCUT2D eigenvalue weighted by molar-refractivity contribution is 7.13. The molecule has 1 aromatic carbocycles. The lowest BCUT2D eigenvalue weighted by atomic mass is 10.2. The summed E-state index contributed by atoms with van der Waals surface area (Å²) in [6.45, 7) is 7.59. The molecule has 0 N–H and O–H groups in total. The summed E-state index contributed by atoms with van der Waals surface area (Å²) in [5.41, 5.74) is 0.822. The summed E-state index contributed by atoms with van der Waals surface area (Å²) in [5.74, 6) is 1.53. The quantitative estimate of drug-likeness (QED) is 0.788. The first-order chi connectivity index (χ1) is 12.1. The van der Waals surface area contributed by atoms with Gasteiger partial charge in [0.25, 0.3) is 5.91 Å². The average molecular weight is 360 g/mol. The van der Waals surface area contributed by atoms with Crippen molar-refractivity contribution in [1.82, 2.24) is 9.88 Å². The van der Waals surface area contributed by atoms with Gasteiger partial charge in [-0.05, 0) is 38.8 Å². The molecule has 0 saturated carbocycles. The second-order valence-electron chi connectivity index (χ2n) is 6.11. The number of para-hydroxylation sites is 2. The normalized spacial score (nSPS) is 15.9. The van der Waals surface area contributed by atoms with Crippen LogP contribution in [0.4, 0.5) is 0 Å². The topological polar surface area (TPSA) is 51.7 Å². The van der Waals surface area contributed by atoms with Crippen LogP contribution in [0.5, 0.6) is 11.5 Å². The number of hydrogen-bond acceptors (Lipinski definition) is 5. The number of carbonyl (C=O) groups is 1. The molecular weight excluding hydrogens is 336 g/mol. The molecule has 2 heterocycles. The molecule has 25 heavy (non-hydrogen) atoms. The number of aryl methyl sites for hydroxylation is 2. The van der Waals surface area contributed by atoms with E-state index in [1.165, 1.54) is 11.3 Å². The van der Waals surface area contributed by atoms with Crippen molar-refractivity contribution in [2.24, 2.45) is 0 Å². The van der Waals surface area contributed by atoms with Gasteiger partial charge in [0.2, 0.25) is 0 Å². The lowest BCUT2D eigenvalue weighted by Gasteiger charge is -2.30. The molecule has 3 rings (SSSR count). The molecule has 1 atom stereocenters. The van der Waals surface area contributed by atoms with Crippen molar-refractivity contribution >= 4 is 17.2 Å². The summed E-state index contributed by atoms with van der Waals surface area (Å²) in [5, 5.41) is 1.03. The van der Waals surface area contributed by atoms with Gasteiger partial charge in [0.1, 0.15) is 11.5 Å². The van der Waals surface area contributed by atoms with E-state index in [0.29, 0.717) is 19.7 Å². The highest BCUT2D eigenvalue weighted by Gasteiger charge is 2.27. The second-order valence-corrected chi connectivity index (χ2v) is 7.20. The summed E-state index contributed by atoms with van der Waals surface area (Å²) < 4.78 is 11.7. The SMILES string of the molecule is CCCc1nc(C)c(C(=O)N(CC)CC2COc3ccccc3O2)s1. The average Bonchev–Trinajstić information content (AvgIpc) is 2.99. The van der Waals surface area contributed by atoms with Gasteiger partial charge in [-0.15, -0.1) is 11.3 Å². The first-order valence-electron chi connectivity index (χ1n) is 8.76. The van der Waals surface area contributed by atoms with Gasteiger partial charge in [-0.3, -0.25) is 4.79 Å². The maximum absolute atomic E-state index is 12.9. The number of benzene rings is 1. The van der Waals surface area contributed by atoms with E-state index in [9.17, 15) is 4.79 Å². The van der Waals surface area contributed by atoms with Crippen LogP contribution in [0.15, 0.2) is 24.3 Å². The third kappa shape index (κ3) is 3.95. The van der Waals surface area contributed by atoms with Crippen molar-refractivity contribution in [3.63, 3.8) is 0 Å². The lowest BCUT2D eigenvalue weighted by molar-refractivity contribution is 0.0477. The Balaban J connectivity index is 1.69. The van der Waals surface area contributed by atoms with Gasteiger partial charge in [0, 0.05) is 6.54 Å². The Hall–Kier alpha value is -2.08. The summed E-state index contributed by atoms with van der Waals surface area (Å²) in [6, 6.07) is 7.63. The molecule has 0 saturated heterocycles. The molecular formula is C19H24N2O3S. The van der Waals surface area contributed by atoms with Crippen molar-refractivity contribution in [3.05, 3.63) is 39.8 Å². The Bertz CT molecular complexity index is 744. The lowest BCUT2D eigenvalue weighted by Crippen LogP contribution is -2.43. The molecule has 1 aliphatic rings. The van der Waals surface area contributed by atoms with Crippen molar-refractivity contribution in [2.45, 2.75) is 39.7 Å². The molecule has 1 aromatic heterocycles. The fourth-order valence-electron chi connectivity index (χ4n) is 2.87. The van der Waals surface area contributed by atoms with Crippen LogP contribution < -0.4 is 9.47 Å². The first-order valence-corrected chi connectivity index (χ1v) is 9.58. The molecule has 1 aliphatic heterocycles. The second kappa shape index (κ2) is 7.87. The van der Waals surface area contributed by atoms with Gasteiger partial charge in [-0.25, -0.2) is 4.98 Å². The van der Waals surface area contributed by atoms with E-state index in [1.54, 1.807) is 0 Å². The van der Waals surface area contributed by atoms with Gasteiger partial charge in [0.05, 0.1) is 17.2 Å². The smallest absolute Gasteiger partial charge is 0.265 e. The summed E-state index contributed by atoms with van der Waals surface area (Å²) in [4.78, 5) is 20.0. The van der Waals surface area contributed by atoms with E-state index in [4.69, 9.17) is 9.47 Å². The zero-order valence-electron chi connectivity index (χ0n) is 14.9. The third-order valence-corrected chi connectivity index (χ3v) is 5.36. The predicted octanol–water partition coefficient (Wildman–Crippen LogP) is 3.71. The van der Waals surface area contributed by atoms with Crippen molar-refractivity contribution < 1.29 is 14.3 Å². The van der Waals surface area contributed by atoms with Crippen molar-refractivity contribution in [3.8, 4) is 11.5 Å². The van der Waals surface area contributed by atoms with Gasteiger partial charge in [-0.2, -0.15) is 0 Å². The van der Waals surface area contributed by atoms with Crippen molar-refractivity contribution in [1.29, 1.82) is 0 Å². The van der Waals surface area contributed by atoms with Crippen LogP contribution in [0, 0.1) is 6.92 Å². The van der Waals surface area contributed by atoms with Crippen LogP contribution in [0.2, 0.25) is 0 Å². The highest BCUT2D eigenvalue weighted by Crippen LogP contribution is 2.31. The van der Waals surface area contributed by atoms with Gasteiger partial charge in [-0.1, -0.05) is 19.1 Å². The molecule has 1 amide bonds. The van der Waals surface area contributed by atoms with Crippen LogP contribution >= 0.6 is 11.3 Å². The van der Waals surface area contributed by atoms with Gasteiger partial charge >= 0.3 is 0 Å². The number of hydrogen-bond donors (Lipinski definition) is 0. The molecule has 1 unspecified atom stereocenters. The molecule has 0 spiro atoms. The van der Waals surface area contributed by atoms with Crippen molar-refractivity contribution in [2.75, 3.05) is 19.7 Å². The summed E-state index contributed by atoms with van der Waals surface area (Å²) in [6.07, 6.45) is 1.79. The molecule has 0 radical (unpaired) electrons. The maximum Gasteiger partial charge on any atom is 0.265 e. The molecule has 5 nitrogen and oxygen atoms in total. The maximum atomic E-state index is 12.9. The predicted molar refractivity (Wildman–Crippen MR) is 98.8 cm³/mol. The number of amides is 1. The molecule has 0 aliphatic carbocycles. The fourth-order valence-corrected chi connectivity index (χ4v) is 4.00. The van der Waals surface area contributed by atoms with Crippen LogP contribution in [-0.2, 0) is 6.42 Å². The van der Waals surface area contributed by atoms with Crippen LogP contribution in [-0.4, -0.2) is 41.6 Å². The molecule has 2 aromatic rings. The number of likely N-dealkylation sites (N-methyl/N-ethyl adjacent to an activating group) is 1. The molecule has 6 heteroatoms. The monoisotopic (exact) mass is 360 g/mol. The van der Waals surface area contributed by atoms with Crippen LogP contribution in [0.25, 0.3) is 0 Å². The van der Waals surface area contributed by atoms with Gasteiger partial charge in [0.15, 0.2) is 17.6 Å². The van der Waals surface area contributed by atoms with E-state index in [1.807, 2.05) is 43.0 Å². The summed E-state index contributed by atoms with van der Waals surface area (Å²) >= 11 is 1.51. The number of nitrogens with zero attached hydrogens (tertiary/aromatic N) is 2. The Morgan fingerprint density at radius 3 is 2.80 bits per heavy atom. The summed E-state index contributed by atoms with van der Waals surface area (Å²) in [7, 11) is 0. The standard InChI is InChI=1S/C19H24N2O3S/c1-4-8-17-20-13(3)18(25-17)19(22)21(5-2)11-14-12-23-15-9-6-7-10-16(15)24-14/h6-7,9-10,14H,4-5,8,11-12H2,1-3H3. The first kappa shape index (κ1) is 17.7. The molecule has 0 bridgehead atoms. The Morgan fingerprint density at radius 1 is 1.32 bits per heavy atom.